The van der Waals surface area contributed by atoms with Crippen molar-refractivity contribution in [3.05, 3.63) is 11.6 Å². The van der Waals surface area contributed by atoms with Gasteiger partial charge in [0.1, 0.15) is 24.4 Å². The summed E-state index contributed by atoms with van der Waals surface area (Å²) in [4.78, 5) is 0. The van der Waals surface area contributed by atoms with Gasteiger partial charge >= 0.3 is 0 Å². The van der Waals surface area contributed by atoms with Gasteiger partial charge in [0.25, 0.3) is 0 Å². The van der Waals surface area contributed by atoms with Gasteiger partial charge in [-0.3, -0.25) is 0 Å². The van der Waals surface area contributed by atoms with Crippen LogP contribution >= 0.6 is 0 Å². The topological polar surface area (TPSA) is 120 Å². The molecule has 0 amide bonds. The SMILES string of the molecule is CC(C)C1=CC[C@](C)(O)[C@@H](O[C@H]2O[C@@H](CO)[C@@H](O)[C@@H](O)[C@H]2O)C1. The lowest BCUT2D eigenvalue weighted by Crippen LogP contribution is -2.61. The van der Waals surface area contributed by atoms with Crippen LogP contribution in [0.3, 0.4) is 0 Å². The van der Waals surface area contributed by atoms with Crippen LogP contribution in [-0.2, 0) is 9.47 Å². The molecule has 1 fully saturated rings. The van der Waals surface area contributed by atoms with E-state index in [9.17, 15) is 25.5 Å². The lowest BCUT2D eigenvalue weighted by Gasteiger charge is -2.44. The van der Waals surface area contributed by atoms with Crippen LogP contribution in [0.15, 0.2) is 11.6 Å². The minimum Gasteiger partial charge on any atom is -0.394 e. The summed E-state index contributed by atoms with van der Waals surface area (Å²) in [6.07, 6.45) is -4.34. The van der Waals surface area contributed by atoms with Crippen LogP contribution in [0.2, 0.25) is 0 Å². The van der Waals surface area contributed by atoms with Gasteiger partial charge in [-0.15, -0.1) is 0 Å². The lowest BCUT2D eigenvalue weighted by molar-refractivity contribution is -0.323. The minimum absolute atomic E-state index is 0.312. The van der Waals surface area contributed by atoms with Gasteiger partial charge in [0.05, 0.1) is 18.3 Å². The zero-order valence-corrected chi connectivity index (χ0v) is 13.8. The third kappa shape index (κ3) is 3.93. The monoisotopic (exact) mass is 332 g/mol. The smallest absolute Gasteiger partial charge is 0.187 e. The Hall–Kier alpha value is -0.540. The normalized spacial score (nSPS) is 45.2. The Labute approximate surface area is 136 Å². The first-order valence-electron chi connectivity index (χ1n) is 8.04. The van der Waals surface area contributed by atoms with E-state index in [-0.39, 0.29) is 0 Å². The van der Waals surface area contributed by atoms with Crippen molar-refractivity contribution >= 4 is 0 Å². The summed E-state index contributed by atoms with van der Waals surface area (Å²) < 4.78 is 11.1. The van der Waals surface area contributed by atoms with Crippen molar-refractivity contribution in [1.82, 2.24) is 0 Å². The molecule has 0 aromatic rings. The van der Waals surface area contributed by atoms with Gasteiger partial charge in [-0.1, -0.05) is 25.5 Å². The van der Waals surface area contributed by atoms with Crippen LogP contribution in [0.5, 0.6) is 0 Å². The number of ether oxygens (including phenoxy) is 2. The second-order valence-corrected chi connectivity index (χ2v) is 7.02. The molecule has 0 radical (unpaired) electrons. The van der Waals surface area contributed by atoms with E-state index in [1.165, 1.54) is 0 Å². The van der Waals surface area contributed by atoms with Crippen molar-refractivity contribution in [2.75, 3.05) is 6.61 Å². The maximum absolute atomic E-state index is 10.5. The van der Waals surface area contributed by atoms with E-state index in [2.05, 4.69) is 13.8 Å². The van der Waals surface area contributed by atoms with Crippen molar-refractivity contribution in [1.29, 1.82) is 0 Å². The molecular formula is C16H28O7. The summed E-state index contributed by atoms with van der Waals surface area (Å²) in [6.45, 7) is 5.24. The van der Waals surface area contributed by atoms with Crippen LogP contribution in [-0.4, -0.2) is 74.6 Å². The van der Waals surface area contributed by atoms with Gasteiger partial charge in [-0.05, 0) is 25.7 Å². The molecule has 0 aromatic carbocycles. The molecule has 1 saturated heterocycles. The molecular weight excluding hydrogens is 304 g/mol. The van der Waals surface area contributed by atoms with Crippen LogP contribution in [0.25, 0.3) is 0 Å². The summed E-state index contributed by atoms with van der Waals surface area (Å²) in [6, 6.07) is 0. The van der Waals surface area contributed by atoms with Crippen LogP contribution in [0.4, 0.5) is 0 Å². The van der Waals surface area contributed by atoms with E-state index in [1.807, 2.05) is 6.08 Å². The Balaban J connectivity index is 2.11. The molecule has 1 heterocycles. The van der Waals surface area contributed by atoms with Gasteiger partial charge in [-0.25, -0.2) is 0 Å². The predicted octanol–water partition coefficient (Wildman–Crippen LogP) is -0.701. The van der Waals surface area contributed by atoms with E-state index in [0.717, 1.165) is 5.57 Å². The van der Waals surface area contributed by atoms with E-state index < -0.39 is 49.0 Å². The molecule has 134 valence electrons. The highest BCUT2D eigenvalue weighted by Crippen LogP contribution is 2.35. The van der Waals surface area contributed by atoms with Gasteiger partial charge < -0.3 is 35.0 Å². The predicted molar refractivity (Wildman–Crippen MR) is 81.4 cm³/mol. The average molecular weight is 332 g/mol. The molecule has 1 aliphatic heterocycles. The maximum atomic E-state index is 10.5. The van der Waals surface area contributed by atoms with Gasteiger partial charge in [0.15, 0.2) is 6.29 Å². The molecule has 23 heavy (non-hydrogen) atoms. The number of aliphatic hydroxyl groups is 5. The molecule has 7 atom stereocenters. The second-order valence-electron chi connectivity index (χ2n) is 7.02. The molecule has 7 heteroatoms. The average Bonchev–Trinajstić information content (AvgIpc) is 2.49. The van der Waals surface area contributed by atoms with Crippen molar-refractivity contribution in [2.45, 2.75) is 76.0 Å². The van der Waals surface area contributed by atoms with E-state index in [1.54, 1.807) is 6.92 Å². The summed E-state index contributed by atoms with van der Waals surface area (Å²) in [5, 5.41) is 49.4. The number of rotatable bonds is 4. The van der Waals surface area contributed by atoms with Crippen molar-refractivity contribution < 1.29 is 35.0 Å². The third-order valence-corrected chi connectivity index (χ3v) is 4.78. The minimum atomic E-state index is -1.49. The molecule has 7 nitrogen and oxygen atoms in total. The molecule has 0 saturated carbocycles. The zero-order valence-electron chi connectivity index (χ0n) is 13.8. The molecule has 0 unspecified atom stereocenters. The van der Waals surface area contributed by atoms with Crippen LogP contribution in [0.1, 0.15) is 33.6 Å². The maximum Gasteiger partial charge on any atom is 0.187 e. The van der Waals surface area contributed by atoms with Gasteiger partial charge in [-0.2, -0.15) is 0 Å². The largest absolute Gasteiger partial charge is 0.394 e. The summed E-state index contributed by atoms with van der Waals surface area (Å²) in [7, 11) is 0. The Morgan fingerprint density at radius 1 is 1.26 bits per heavy atom. The Morgan fingerprint density at radius 2 is 1.91 bits per heavy atom. The van der Waals surface area contributed by atoms with E-state index in [0.29, 0.717) is 18.8 Å². The number of aliphatic hydroxyl groups excluding tert-OH is 4. The van der Waals surface area contributed by atoms with E-state index in [4.69, 9.17) is 9.47 Å². The number of hydrogen-bond donors (Lipinski definition) is 5. The van der Waals surface area contributed by atoms with Crippen molar-refractivity contribution in [3.63, 3.8) is 0 Å². The Kier molecular flexibility index (Phi) is 5.84. The van der Waals surface area contributed by atoms with Crippen LogP contribution in [0, 0.1) is 5.92 Å². The highest BCUT2D eigenvalue weighted by Gasteiger charge is 2.47. The molecule has 0 aromatic heterocycles. The second kappa shape index (κ2) is 7.14. The Morgan fingerprint density at radius 3 is 2.48 bits per heavy atom. The number of hydrogen-bond acceptors (Lipinski definition) is 7. The molecule has 0 spiro atoms. The molecule has 5 N–H and O–H groups in total. The fourth-order valence-electron chi connectivity index (χ4n) is 2.99. The standard InChI is InChI=1S/C16H28O7/c1-8(2)9-4-5-16(3,21)11(6-9)23-15-14(20)13(19)12(18)10(7-17)22-15/h4,8,10-15,17-21H,5-7H2,1-3H3/t10-,11-,12+,13+,14+,15+,16-/m0/s1. The summed E-state index contributed by atoms with van der Waals surface area (Å²) in [5.74, 6) is 0.312. The molecule has 1 aliphatic carbocycles. The van der Waals surface area contributed by atoms with Gasteiger partial charge in [0, 0.05) is 0 Å². The fraction of sp³-hybridized carbons (Fsp3) is 0.875. The Bertz CT molecular complexity index is 432. The molecule has 2 rings (SSSR count). The fourth-order valence-corrected chi connectivity index (χ4v) is 2.99. The first-order valence-corrected chi connectivity index (χ1v) is 8.04. The zero-order chi connectivity index (χ0) is 17.4. The first kappa shape index (κ1) is 18.8. The van der Waals surface area contributed by atoms with Crippen molar-refractivity contribution in [3.8, 4) is 0 Å². The quantitative estimate of drug-likeness (QED) is 0.432. The first-order chi connectivity index (χ1) is 10.7. The summed E-state index contributed by atoms with van der Waals surface area (Å²) >= 11 is 0. The van der Waals surface area contributed by atoms with Crippen molar-refractivity contribution in [2.24, 2.45) is 5.92 Å². The third-order valence-electron chi connectivity index (χ3n) is 4.78. The van der Waals surface area contributed by atoms with Crippen LogP contribution < -0.4 is 0 Å². The highest BCUT2D eigenvalue weighted by molar-refractivity contribution is 5.15. The van der Waals surface area contributed by atoms with Gasteiger partial charge in [0.2, 0.25) is 0 Å². The molecule has 2 aliphatic rings. The summed E-state index contributed by atoms with van der Waals surface area (Å²) in [5.41, 5.74) is 0.0168. The highest BCUT2D eigenvalue weighted by atomic mass is 16.7. The molecule has 0 bridgehead atoms. The lowest BCUT2D eigenvalue weighted by atomic mass is 9.80. The van der Waals surface area contributed by atoms with E-state index >= 15 is 0 Å².